The molecule has 0 saturated carbocycles. The summed E-state index contributed by atoms with van der Waals surface area (Å²) in [5, 5.41) is -5.43. The van der Waals surface area contributed by atoms with Gasteiger partial charge in [-0.05, 0) is 36.4 Å². The maximum atomic E-state index is 14.1. The van der Waals surface area contributed by atoms with Gasteiger partial charge in [0, 0.05) is 16.7 Å². The highest BCUT2D eigenvalue weighted by atomic mass is 32.2. The molecule has 1 aliphatic rings. The van der Waals surface area contributed by atoms with E-state index in [0.29, 0.717) is 5.57 Å². The molecule has 0 saturated heterocycles. The molecule has 9 heteroatoms. The Labute approximate surface area is 149 Å². The molecule has 0 heterocycles. The fourth-order valence-electron chi connectivity index (χ4n) is 2.61. The van der Waals surface area contributed by atoms with Crippen LogP contribution in [0.4, 0.5) is 35.1 Å². The molecule has 2 rings (SSSR count). The van der Waals surface area contributed by atoms with Gasteiger partial charge in [-0.1, -0.05) is 36.8 Å². The molecular weight excluding hydrogens is 388 g/mol. The Balaban J connectivity index is 2.43. The first-order valence-electron chi connectivity index (χ1n) is 7.23. The normalized spacial score (nSPS) is 22.1. The average Bonchev–Trinajstić information content (AvgIpc) is 2.44. The summed E-state index contributed by atoms with van der Waals surface area (Å²) >= 11 is -0.898. The van der Waals surface area contributed by atoms with E-state index in [1.54, 1.807) is 0 Å². The van der Waals surface area contributed by atoms with E-state index in [2.05, 4.69) is 0 Å². The van der Waals surface area contributed by atoms with E-state index >= 15 is 0 Å². The Morgan fingerprint density at radius 2 is 1.54 bits per heavy atom. The van der Waals surface area contributed by atoms with Crippen LogP contribution >= 0.6 is 11.8 Å². The third-order valence-corrected chi connectivity index (χ3v) is 4.75. The van der Waals surface area contributed by atoms with Gasteiger partial charge >= 0.3 is 17.4 Å². The van der Waals surface area contributed by atoms with Crippen molar-refractivity contribution < 1.29 is 35.1 Å². The molecule has 0 N–H and O–H groups in total. The number of alkyl halides is 7. The molecule has 1 atom stereocenters. The van der Waals surface area contributed by atoms with Crippen LogP contribution in [0.3, 0.4) is 0 Å². The first-order valence-corrected chi connectivity index (χ1v) is 8.05. The Morgan fingerprint density at radius 3 is 2.08 bits per heavy atom. The molecule has 0 spiro atoms. The summed E-state index contributed by atoms with van der Waals surface area (Å²) in [6.45, 7) is 2.90. The fourth-order valence-corrected chi connectivity index (χ4v) is 3.70. The zero-order valence-corrected chi connectivity index (χ0v) is 14.3. The van der Waals surface area contributed by atoms with E-state index in [4.69, 9.17) is 0 Å². The maximum Gasteiger partial charge on any atom is 0.460 e. The molecule has 0 bridgehead atoms. The van der Waals surface area contributed by atoms with Crippen molar-refractivity contribution >= 4 is 11.8 Å². The minimum absolute atomic E-state index is 0.0800. The molecule has 1 aromatic carbocycles. The molecule has 1 radical (unpaired) electrons. The van der Waals surface area contributed by atoms with Crippen LogP contribution in [0.1, 0.15) is 19.4 Å². The standard InChI is InChI=1S/C17H13F8S/c1-10-7-11(26-17(24,25)15(19,20)16(21,22)23)9-14(2,8-10)12-5-3-4-6-13(12)18/h3-9H,1-2H3. The lowest BCUT2D eigenvalue weighted by Crippen LogP contribution is -2.50. The molecule has 0 aromatic heterocycles. The lowest BCUT2D eigenvalue weighted by molar-refractivity contribution is -0.330. The van der Waals surface area contributed by atoms with E-state index < -0.39 is 45.3 Å². The van der Waals surface area contributed by atoms with Gasteiger partial charge in [-0.25, -0.2) is 4.39 Å². The Bertz CT molecular complexity index is 747. The topological polar surface area (TPSA) is 0 Å². The van der Waals surface area contributed by atoms with Gasteiger partial charge in [-0.2, -0.15) is 30.7 Å². The smallest absolute Gasteiger partial charge is 0.207 e. The Hall–Kier alpha value is -1.51. The van der Waals surface area contributed by atoms with E-state index in [1.807, 2.05) is 0 Å². The number of hydrogen-bond donors (Lipinski definition) is 0. The summed E-state index contributed by atoms with van der Waals surface area (Å²) in [6, 6.07) is 5.42. The van der Waals surface area contributed by atoms with Gasteiger partial charge in [0.15, 0.2) is 0 Å². The summed E-state index contributed by atoms with van der Waals surface area (Å²) in [6.07, 6.45) is -2.80. The number of hydrogen-bond acceptors (Lipinski definition) is 1. The summed E-state index contributed by atoms with van der Waals surface area (Å²) < 4.78 is 105. The molecule has 1 aliphatic carbocycles. The number of rotatable bonds is 4. The van der Waals surface area contributed by atoms with Gasteiger partial charge in [-0.15, -0.1) is 0 Å². The Morgan fingerprint density at radius 1 is 0.962 bits per heavy atom. The summed E-state index contributed by atoms with van der Waals surface area (Å²) in [5.74, 6) is -6.88. The number of benzene rings is 1. The third kappa shape index (κ3) is 3.77. The van der Waals surface area contributed by atoms with Crippen molar-refractivity contribution in [3.05, 3.63) is 64.7 Å². The first-order chi connectivity index (χ1) is 11.7. The van der Waals surface area contributed by atoms with Crippen LogP contribution in [-0.2, 0) is 5.41 Å². The summed E-state index contributed by atoms with van der Waals surface area (Å²) in [5.41, 5.74) is -0.876. The molecule has 1 aromatic rings. The second kappa shape index (κ2) is 6.58. The van der Waals surface area contributed by atoms with Crippen molar-refractivity contribution in [1.82, 2.24) is 0 Å². The monoisotopic (exact) mass is 401 g/mol. The highest BCUT2D eigenvalue weighted by molar-refractivity contribution is 8.04. The van der Waals surface area contributed by atoms with Gasteiger partial charge in [0.2, 0.25) is 0 Å². The van der Waals surface area contributed by atoms with Crippen LogP contribution < -0.4 is 0 Å². The van der Waals surface area contributed by atoms with Crippen LogP contribution in [-0.4, -0.2) is 17.4 Å². The van der Waals surface area contributed by atoms with Gasteiger partial charge in [0.05, 0.1) is 0 Å². The third-order valence-electron chi connectivity index (χ3n) is 3.76. The van der Waals surface area contributed by atoms with E-state index in [9.17, 15) is 35.1 Å². The molecule has 1 unspecified atom stereocenters. The van der Waals surface area contributed by atoms with E-state index in [0.717, 1.165) is 18.2 Å². The van der Waals surface area contributed by atoms with Crippen LogP contribution in [0.5, 0.6) is 0 Å². The lowest BCUT2D eigenvalue weighted by atomic mass is 9.75. The minimum atomic E-state index is -6.40. The van der Waals surface area contributed by atoms with Gasteiger partial charge in [-0.3, -0.25) is 0 Å². The van der Waals surface area contributed by atoms with Gasteiger partial charge in [0.25, 0.3) is 0 Å². The van der Waals surface area contributed by atoms with Crippen LogP contribution in [0.25, 0.3) is 0 Å². The van der Waals surface area contributed by atoms with Crippen molar-refractivity contribution in [3.63, 3.8) is 0 Å². The average molecular weight is 401 g/mol. The zero-order chi connectivity index (χ0) is 20.0. The SMILES string of the molecule is CC1=CC(SC(F)(F)C(F)(F)C(F)(F)F)=CC(C)(c2ccccc2F)[CH]1. The lowest BCUT2D eigenvalue weighted by Gasteiger charge is -2.33. The fraction of sp³-hybridized carbons (Fsp3) is 0.353. The number of thioether (sulfide) groups is 1. The van der Waals surface area contributed by atoms with Crippen LogP contribution in [0, 0.1) is 12.2 Å². The predicted molar refractivity (Wildman–Crippen MR) is 83.4 cm³/mol. The van der Waals surface area contributed by atoms with E-state index in [-0.39, 0.29) is 5.56 Å². The van der Waals surface area contributed by atoms with Crippen molar-refractivity contribution in [3.8, 4) is 0 Å². The number of allylic oxidation sites excluding steroid dienone is 3. The second-order valence-electron chi connectivity index (χ2n) is 6.03. The largest absolute Gasteiger partial charge is 0.460 e. The highest BCUT2D eigenvalue weighted by Gasteiger charge is 2.73. The predicted octanol–water partition coefficient (Wildman–Crippen LogP) is 6.66. The van der Waals surface area contributed by atoms with E-state index in [1.165, 1.54) is 38.5 Å². The second-order valence-corrected chi connectivity index (χ2v) is 7.22. The van der Waals surface area contributed by atoms with Crippen molar-refractivity contribution in [2.45, 2.75) is 36.6 Å². The Kier molecular flexibility index (Phi) is 5.26. The molecule has 0 amide bonds. The maximum absolute atomic E-state index is 14.1. The summed E-state index contributed by atoms with van der Waals surface area (Å²) in [7, 11) is 0. The molecule has 0 aliphatic heterocycles. The zero-order valence-electron chi connectivity index (χ0n) is 13.5. The first kappa shape index (κ1) is 20.8. The highest BCUT2D eigenvalue weighted by Crippen LogP contribution is 2.55. The quantitative estimate of drug-likeness (QED) is 0.509. The molecule has 0 nitrogen and oxygen atoms in total. The van der Waals surface area contributed by atoms with Crippen LogP contribution in [0.2, 0.25) is 0 Å². The van der Waals surface area contributed by atoms with Crippen molar-refractivity contribution in [1.29, 1.82) is 0 Å². The molecule has 143 valence electrons. The molecule has 26 heavy (non-hydrogen) atoms. The molecular formula is C17H13F8S. The van der Waals surface area contributed by atoms with Gasteiger partial charge in [0.1, 0.15) is 5.82 Å². The van der Waals surface area contributed by atoms with Crippen molar-refractivity contribution in [2.75, 3.05) is 0 Å². The van der Waals surface area contributed by atoms with Crippen molar-refractivity contribution in [2.24, 2.45) is 0 Å². The molecule has 0 fully saturated rings. The number of halogens is 8. The van der Waals surface area contributed by atoms with Gasteiger partial charge < -0.3 is 0 Å². The van der Waals surface area contributed by atoms with Crippen LogP contribution in [0.15, 0.2) is 46.9 Å². The minimum Gasteiger partial charge on any atom is -0.207 e. The summed E-state index contributed by atoms with van der Waals surface area (Å²) in [4.78, 5) is -0.510.